The molecule has 8 heteroatoms. The fraction of sp³-hybridized carbons (Fsp3) is 0.485. The smallest absolute Gasteiger partial charge is 0.267 e. The zero-order valence-electron chi connectivity index (χ0n) is 23.9. The Kier molecular flexibility index (Phi) is 8.94. The van der Waals surface area contributed by atoms with Crippen molar-refractivity contribution in [1.29, 1.82) is 0 Å². The van der Waals surface area contributed by atoms with Gasteiger partial charge in [-0.05, 0) is 91.8 Å². The number of nitrogens with zero attached hydrogens (tertiary/aromatic N) is 3. The molecule has 41 heavy (non-hydrogen) atoms. The molecule has 0 bridgehead atoms. The van der Waals surface area contributed by atoms with Gasteiger partial charge in [0.15, 0.2) is 0 Å². The Hall–Kier alpha value is -2.09. The van der Waals surface area contributed by atoms with E-state index in [0.29, 0.717) is 34.1 Å². The van der Waals surface area contributed by atoms with E-state index in [4.69, 9.17) is 27.9 Å². The standard InChI is InChI=1S/C33H39Cl2N3O2S/c1-22-18-37(30-9-12-36(13-10-30)33(39)32-31(11-14-41-32)40-21-25-3-4-25)19-23(2)38(22)20-24-5-7-26(8-6-24)27-15-28(34)17-29(35)16-27/h5-8,11,14-17,22-23,25,30H,3-4,9-10,12-13,18-21H2,1-2H3/t22-,23-/m1/s1. The molecule has 3 heterocycles. The van der Waals surface area contributed by atoms with Crippen molar-refractivity contribution in [3.05, 3.63) is 74.4 Å². The van der Waals surface area contributed by atoms with E-state index in [0.717, 1.165) is 73.9 Å². The first kappa shape index (κ1) is 29.0. The van der Waals surface area contributed by atoms with Crippen molar-refractivity contribution in [3.63, 3.8) is 0 Å². The Bertz CT molecular complexity index is 1320. The average Bonchev–Trinajstić information content (AvgIpc) is 3.68. The molecule has 0 unspecified atom stereocenters. The van der Waals surface area contributed by atoms with E-state index in [1.54, 1.807) is 6.07 Å². The summed E-state index contributed by atoms with van der Waals surface area (Å²) in [5.41, 5.74) is 3.47. The highest BCUT2D eigenvalue weighted by molar-refractivity contribution is 7.12. The van der Waals surface area contributed by atoms with Gasteiger partial charge in [-0.15, -0.1) is 11.3 Å². The van der Waals surface area contributed by atoms with Crippen LogP contribution in [0, 0.1) is 5.92 Å². The number of amides is 1. The second kappa shape index (κ2) is 12.6. The molecule has 0 radical (unpaired) electrons. The molecular weight excluding hydrogens is 573 g/mol. The first-order valence-corrected chi connectivity index (χ1v) is 16.5. The number of rotatable bonds is 8. The fourth-order valence-corrected chi connectivity index (χ4v) is 7.70. The topological polar surface area (TPSA) is 36.0 Å². The Morgan fingerprint density at radius 1 is 0.902 bits per heavy atom. The predicted octanol–water partition coefficient (Wildman–Crippen LogP) is 7.71. The summed E-state index contributed by atoms with van der Waals surface area (Å²) >= 11 is 13.9. The summed E-state index contributed by atoms with van der Waals surface area (Å²) in [6, 6.07) is 17.8. The molecule has 2 aromatic carbocycles. The van der Waals surface area contributed by atoms with Crippen LogP contribution in [0.25, 0.3) is 11.1 Å². The van der Waals surface area contributed by atoms with Crippen LogP contribution in [-0.2, 0) is 6.54 Å². The van der Waals surface area contributed by atoms with Gasteiger partial charge < -0.3 is 9.64 Å². The van der Waals surface area contributed by atoms with E-state index in [2.05, 4.69) is 47.9 Å². The lowest BCUT2D eigenvalue weighted by molar-refractivity contribution is -0.00356. The van der Waals surface area contributed by atoms with Gasteiger partial charge in [0.25, 0.3) is 5.91 Å². The normalized spacial score (nSPS) is 22.7. The van der Waals surface area contributed by atoms with Crippen LogP contribution >= 0.6 is 34.5 Å². The quantitative estimate of drug-likeness (QED) is 0.261. The zero-order valence-corrected chi connectivity index (χ0v) is 26.2. The van der Waals surface area contributed by atoms with Gasteiger partial charge in [0.2, 0.25) is 0 Å². The number of likely N-dealkylation sites (tertiary alicyclic amines) is 1. The van der Waals surface area contributed by atoms with E-state index >= 15 is 0 Å². The Balaban J connectivity index is 1.01. The molecule has 1 saturated carbocycles. The molecule has 1 aromatic heterocycles. The van der Waals surface area contributed by atoms with Crippen LogP contribution in [0.5, 0.6) is 5.75 Å². The summed E-state index contributed by atoms with van der Waals surface area (Å²) in [6.45, 7) is 10.1. The first-order valence-electron chi connectivity index (χ1n) is 14.9. The third kappa shape index (κ3) is 6.94. The summed E-state index contributed by atoms with van der Waals surface area (Å²) in [6.07, 6.45) is 4.56. The van der Waals surface area contributed by atoms with Gasteiger partial charge >= 0.3 is 0 Å². The molecule has 2 saturated heterocycles. The molecule has 1 amide bonds. The number of carbonyl (C=O) groups excluding carboxylic acids is 1. The Morgan fingerprint density at radius 2 is 1.56 bits per heavy atom. The number of piperidine rings is 1. The van der Waals surface area contributed by atoms with Crippen molar-refractivity contribution in [3.8, 4) is 16.9 Å². The summed E-state index contributed by atoms with van der Waals surface area (Å²) < 4.78 is 5.98. The summed E-state index contributed by atoms with van der Waals surface area (Å²) in [5.74, 6) is 1.59. The van der Waals surface area contributed by atoms with Gasteiger partial charge in [-0.2, -0.15) is 0 Å². The Labute approximate surface area is 258 Å². The number of piperazine rings is 1. The maximum atomic E-state index is 13.3. The molecule has 0 N–H and O–H groups in total. The predicted molar refractivity (Wildman–Crippen MR) is 169 cm³/mol. The number of thiophene rings is 1. The summed E-state index contributed by atoms with van der Waals surface area (Å²) in [4.78, 5) is 21.4. The van der Waals surface area contributed by atoms with Gasteiger partial charge in [0, 0.05) is 60.9 Å². The molecular formula is C33H39Cl2N3O2S. The van der Waals surface area contributed by atoms with Crippen molar-refractivity contribution < 1.29 is 9.53 Å². The minimum Gasteiger partial charge on any atom is -0.492 e. The van der Waals surface area contributed by atoms with Crippen molar-refractivity contribution in [1.82, 2.24) is 14.7 Å². The van der Waals surface area contributed by atoms with Gasteiger partial charge in [-0.1, -0.05) is 47.5 Å². The van der Waals surface area contributed by atoms with Crippen molar-refractivity contribution in [2.75, 3.05) is 32.8 Å². The van der Waals surface area contributed by atoms with E-state index < -0.39 is 0 Å². The minimum absolute atomic E-state index is 0.139. The number of halogens is 2. The molecule has 3 aromatic rings. The van der Waals surface area contributed by atoms with Crippen LogP contribution < -0.4 is 4.74 Å². The van der Waals surface area contributed by atoms with Crippen LogP contribution in [0.2, 0.25) is 10.0 Å². The van der Waals surface area contributed by atoms with E-state index in [1.807, 2.05) is 28.5 Å². The van der Waals surface area contributed by atoms with Gasteiger partial charge in [-0.3, -0.25) is 14.6 Å². The number of carbonyl (C=O) groups is 1. The lowest BCUT2D eigenvalue weighted by Gasteiger charge is -2.48. The monoisotopic (exact) mass is 611 g/mol. The van der Waals surface area contributed by atoms with E-state index in [9.17, 15) is 4.79 Å². The number of ether oxygens (including phenoxy) is 1. The lowest BCUT2D eigenvalue weighted by Crippen LogP contribution is -2.60. The second-order valence-corrected chi connectivity index (χ2v) is 13.9. The average molecular weight is 613 g/mol. The third-order valence-corrected chi connectivity index (χ3v) is 10.2. The number of hydrogen-bond donors (Lipinski definition) is 0. The Morgan fingerprint density at radius 3 is 2.20 bits per heavy atom. The molecule has 3 aliphatic rings. The van der Waals surface area contributed by atoms with Crippen LogP contribution in [0.15, 0.2) is 53.9 Å². The first-order chi connectivity index (χ1) is 19.8. The molecule has 218 valence electrons. The molecule has 6 rings (SSSR count). The number of hydrogen-bond acceptors (Lipinski definition) is 5. The molecule has 1 aliphatic carbocycles. The third-order valence-electron chi connectivity index (χ3n) is 8.91. The van der Waals surface area contributed by atoms with Crippen LogP contribution in [0.4, 0.5) is 0 Å². The summed E-state index contributed by atoms with van der Waals surface area (Å²) in [5, 5.41) is 3.29. The van der Waals surface area contributed by atoms with Crippen molar-refractivity contribution in [2.24, 2.45) is 5.92 Å². The maximum Gasteiger partial charge on any atom is 0.267 e. The van der Waals surface area contributed by atoms with Gasteiger partial charge in [-0.25, -0.2) is 0 Å². The second-order valence-electron chi connectivity index (χ2n) is 12.1. The highest BCUT2D eigenvalue weighted by Crippen LogP contribution is 2.34. The largest absolute Gasteiger partial charge is 0.492 e. The van der Waals surface area contributed by atoms with Crippen LogP contribution in [0.3, 0.4) is 0 Å². The highest BCUT2D eigenvalue weighted by atomic mass is 35.5. The molecule has 0 spiro atoms. The lowest BCUT2D eigenvalue weighted by atomic mass is 9.98. The minimum atomic E-state index is 0.139. The van der Waals surface area contributed by atoms with Crippen LogP contribution in [-0.4, -0.2) is 71.5 Å². The highest BCUT2D eigenvalue weighted by Gasteiger charge is 2.35. The van der Waals surface area contributed by atoms with Crippen molar-refractivity contribution in [2.45, 2.75) is 64.2 Å². The summed E-state index contributed by atoms with van der Waals surface area (Å²) in [7, 11) is 0. The van der Waals surface area contributed by atoms with Crippen molar-refractivity contribution >= 4 is 40.4 Å². The van der Waals surface area contributed by atoms with E-state index in [-0.39, 0.29) is 5.91 Å². The zero-order chi connectivity index (χ0) is 28.5. The van der Waals surface area contributed by atoms with Gasteiger partial charge in [0.05, 0.1) is 6.61 Å². The van der Waals surface area contributed by atoms with E-state index in [1.165, 1.54) is 29.7 Å². The molecule has 2 aliphatic heterocycles. The maximum absolute atomic E-state index is 13.3. The van der Waals surface area contributed by atoms with Crippen LogP contribution in [0.1, 0.15) is 54.8 Å². The fourth-order valence-electron chi connectivity index (χ4n) is 6.38. The molecule has 3 fully saturated rings. The SMILES string of the molecule is C[C@@H]1CN(C2CCN(C(=O)c3sccc3OCC3CC3)CC2)C[C@@H](C)N1Cc1ccc(-c2cc(Cl)cc(Cl)c2)cc1. The number of benzene rings is 2. The van der Waals surface area contributed by atoms with Gasteiger partial charge in [0.1, 0.15) is 10.6 Å². The molecule has 5 nitrogen and oxygen atoms in total. The molecule has 2 atom stereocenters.